The topological polar surface area (TPSA) is 75.6 Å². The SMILES string of the molecule is COC(CNC(=O)C1(CC(C)C)CCCC1)CC(=O)O. The molecule has 0 spiro atoms. The quantitative estimate of drug-likeness (QED) is 0.717. The van der Waals surface area contributed by atoms with Crippen LogP contribution in [0.1, 0.15) is 52.4 Å². The van der Waals surface area contributed by atoms with Crippen LogP contribution in [0.4, 0.5) is 0 Å². The van der Waals surface area contributed by atoms with Crippen LogP contribution in [0, 0.1) is 11.3 Å². The molecule has 1 aliphatic carbocycles. The molecule has 5 nitrogen and oxygen atoms in total. The highest BCUT2D eigenvalue weighted by Crippen LogP contribution is 2.43. The van der Waals surface area contributed by atoms with Crippen LogP contribution < -0.4 is 5.32 Å². The number of nitrogens with one attached hydrogen (secondary N) is 1. The van der Waals surface area contributed by atoms with Crippen molar-refractivity contribution in [3.8, 4) is 0 Å². The van der Waals surface area contributed by atoms with E-state index in [0.717, 1.165) is 32.1 Å². The van der Waals surface area contributed by atoms with Crippen LogP contribution in [0.25, 0.3) is 0 Å². The highest BCUT2D eigenvalue weighted by Gasteiger charge is 2.41. The van der Waals surface area contributed by atoms with Crippen LogP contribution in [0.5, 0.6) is 0 Å². The molecule has 116 valence electrons. The predicted octanol–water partition coefficient (Wildman–Crippen LogP) is 2.20. The zero-order chi connectivity index (χ0) is 15.2. The summed E-state index contributed by atoms with van der Waals surface area (Å²) in [6.07, 6.45) is 4.42. The summed E-state index contributed by atoms with van der Waals surface area (Å²) < 4.78 is 5.09. The van der Waals surface area contributed by atoms with Crippen LogP contribution >= 0.6 is 0 Å². The van der Waals surface area contributed by atoms with Gasteiger partial charge in [-0.05, 0) is 25.2 Å². The number of rotatable bonds is 8. The van der Waals surface area contributed by atoms with Gasteiger partial charge in [-0.1, -0.05) is 26.7 Å². The summed E-state index contributed by atoms with van der Waals surface area (Å²) in [7, 11) is 1.47. The molecule has 0 aromatic rings. The largest absolute Gasteiger partial charge is 0.481 e. The number of hydrogen-bond acceptors (Lipinski definition) is 3. The van der Waals surface area contributed by atoms with E-state index in [9.17, 15) is 9.59 Å². The number of carbonyl (C=O) groups is 2. The molecule has 1 rings (SSSR count). The van der Waals surface area contributed by atoms with Crippen LogP contribution in [0.2, 0.25) is 0 Å². The molecule has 0 saturated heterocycles. The second-order valence-corrected chi connectivity index (χ2v) is 6.25. The summed E-state index contributed by atoms with van der Waals surface area (Å²) in [5.41, 5.74) is -0.254. The maximum Gasteiger partial charge on any atom is 0.306 e. The van der Waals surface area contributed by atoms with Gasteiger partial charge in [0.1, 0.15) is 0 Å². The van der Waals surface area contributed by atoms with E-state index in [1.54, 1.807) is 0 Å². The Kier molecular flexibility index (Phi) is 6.46. The molecule has 0 bridgehead atoms. The summed E-state index contributed by atoms with van der Waals surface area (Å²) in [5, 5.41) is 11.7. The number of carboxylic acid groups (broad SMARTS) is 1. The Morgan fingerprint density at radius 1 is 1.30 bits per heavy atom. The van der Waals surface area contributed by atoms with Crippen molar-refractivity contribution in [1.82, 2.24) is 5.32 Å². The predicted molar refractivity (Wildman–Crippen MR) is 76.4 cm³/mol. The maximum atomic E-state index is 12.5. The van der Waals surface area contributed by atoms with Gasteiger partial charge >= 0.3 is 5.97 Å². The van der Waals surface area contributed by atoms with Crippen molar-refractivity contribution in [2.75, 3.05) is 13.7 Å². The fourth-order valence-electron chi connectivity index (χ4n) is 3.18. The van der Waals surface area contributed by atoms with Gasteiger partial charge in [-0.25, -0.2) is 0 Å². The number of amides is 1. The molecule has 2 N–H and O–H groups in total. The van der Waals surface area contributed by atoms with Gasteiger partial charge in [-0.15, -0.1) is 0 Å². The summed E-state index contributed by atoms with van der Waals surface area (Å²) in [5.74, 6) is -0.365. The summed E-state index contributed by atoms with van der Waals surface area (Å²) in [6.45, 7) is 4.53. The first kappa shape index (κ1) is 17.0. The summed E-state index contributed by atoms with van der Waals surface area (Å²) >= 11 is 0. The number of aliphatic carboxylic acids is 1. The standard InChI is InChI=1S/C15H27NO4/c1-11(2)9-15(6-4-5-7-15)14(19)16-10-12(20-3)8-13(17)18/h11-12H,4-10H2,1-3H3,(H,16,19)(H,17,18). The summed E-state index contributed by atoms with van der Waals surface area (Å²) in [4.78, 5) is 23.2. The minimum atomic E-state index is -0.913. The lowest BCUT2D eigenvalue weighted by atomic mass is 9.77. The number of hydrogen-bond donors (Lipinski definition) is 2. The third-order valence-corrected chi connectivity index (χ3v) is 4.07. The highest BCUT2D eigenvalue weighted by atomic mass is 16.5. The number of carbonyl (C=O) groups excluding carboxylic acids is 1. The lowest BCUT2D eigenvalue weighted by Crippen LogP contribution is -2.43. The molecule has 0 aromatic carbocycles. The minimum Gasteiger partial charge on any atom is -0.481 e. The van der Waals surface area contributed by atoms with Gasteiger partial charge in [0.25, 0.3) is 0 Å². The van der Waals surface area contributed by atoms with E-state index in [2.05, 4.69) is 19.2 Å². The Morgan fingerprint density at radius 2 is 1.90 bits per heavy atom. The first-order valence-electron chi connectivity index (χ1n) is 7.42. The summed E-state index contributed by atoms with van der Waals surface area (Å²) in [6, 6.07) is 0. The molecule has 1 saturated carbocycles. The van der Waals surface area contributed by atoms with Crippen molar-refractivity contribution in [1.29, 1.82) is 0 Å². The van der Waals surface area contributed by atoms with Gasteiger partial charge in [0, 0.05) is 19.1 Å². The van der Waals surface area contributed by atoms with Gasteiger partial charge in [0.15, 0.2) is 0 Å². The fraction of sp³-hybridized carbons (Fsp3) is 0.867. The van der Waals surface area contributed by atoms with Crippen molar-refractivity contribution in [3.05, 3.63) is 0 Å². The molecule has 0 radical (unpaired) electrons. The first-order valence-corrected chi connectivity index (χ1v) is 7.42. The molecular formula is C15H27NO4. The fourth-order valence-corrected chi connectivity index (χ4v) is 3.18. The number of ether oxygens (including phenoxy) is 1. The first-order chi connectivity index (χ1) is 9.39. The van der Waals surface area contributed by atoms with E-state index in [1.807, 2.05) is 0 Å². The van der Waals surface area contributed by atoms with Gasteiger partial charge in [-0.2, -0.15) is 0 Å². The molecule has 1 aliphatic rings. The maximum absolute atomic E-state index is 12.5. The van der Waals surface area contributed by atoms with Crippen molar-refractivity contribution in [2.24, 2.45) is 11.3 Å². The van der Waals surface area contributed by atoms with Crippen molar-refractivity contribution < 1.29 is 19.4 Å². The Labute approximate surface area is 121 Å². The normalized spacial score (nSPS) is 19.0. The lowest BCUT2D eigenvalue weighted by Gasteiger charge is -2.30. The third-order valence-electron chi connectivity index (χ3n) is 4.07. The van der Waals surface area contributed by atoms with Gasteiger partial charge in [-0.3, -0.25) is 9.59 Å². The van der Waals surface area contributed by atoms with E-state index in [4.69, 9.17) is 9.84 Å². The molecule has 0 heterocycles. The Hall–Kier alpha value is -1.10. The van der Waals surface area contributed by atoms with E-state index in [0.29, 0.717) is 5.92 Å². The Balaban J connectivity index is 2.56. The molecule has 1 atom stereocenters. The van der Waals surface area contributed by atoms with Crippen LogP contribution in [-0.2, 0) is 14.3 Å². The Bertz CT molecular complexity index is 335. The van der Waals surface area contributed by atoms with Crippen LogP contribution in [-0.4, -0.2) is 36.7 Å². The van der Waals surface area contributed by atoms with E-state index in [-0.39, 0.29) is 24.3 Å². The van der Waals surface area contributed by atoms with Crippen molar-refractivity contribution >= 4 is 11.9 Å². The molecule has 0 aromatic heterocycles. The molecule has 20 heavy (non-hydrogen) atoms. The van der Waals surface area contributed by atoms with E-state index >= 15 is 0 Å². The molecule has 5 heteroatoms. The average molecular weight is 285 g/mol. The minimum absolute atomic E-state index is 0.0659. The lowest BCUT2D eigenvalue weighted by molar-refractivity contribution is -0.140. The van der Waals surface area contributed by atoms with Gasteiger partial charge in [0.05, 0.1) is 12.5 Å². The smallest absolute Gasteiger partial charge is 0.306 e. The molecular weight excluding hydrogens is 258 g/mol. The monoisotopic (exact) mass is 285 g/mol. The molecule has 1 fully saturated rings. The number of carboxylic acids is 1. The second-order valence-electron chi connectivity index (χ2n) is 6.25. The molecule has 1 unspecified atom stereocenters. The zero-order valence-electron chi connectivity index (χ0n) is 12.8. The van der Waals surface area contributed by atoms with Crippen molar-refractivity contribution in [3.63, 3.8) is 0 Å². The van der Waals surface area contributed by atoms with Crippen molar-refractivity contribution in [2.45, 2.75) is 58.5 Å². The van der Waals surface area contributed by atoms with Crippen LogP contribution in [0.3, 0.4) is 0 Å². The average Bonchev–Trinajstić information content (AvgIpc) is 2.82. The van der Waals surface area contributed by atoms with E-state index < -0.39 is 12.1 Å². The van der Waals surface area contributed by atoms with Crippen LogP contribution in [0.15, 0.2) is 0 Å². The Morgan fingerprint density at radius 3 is 2.35 bits per heavy atom. The number of methoxy groups -OCH3 is 1. The van der Waals surface area contributed by atoms with E-state index in [1.165, 1.54) is 7.11 Å². The van der Waals surface area contributed by atoms with Gasteiger partial charge < -0.3 is 15.2 Å². The second kappa shape index (κ2) is 7.62. The third kappa shape index (κ3) is 4.78. The molecule has 0 aliphatic heterocycles. The van der Waals surface area contributed by atoms with Gasteiger partial charge in [0.2, 0.25) is 5.91 Å². The molecule has 1 amide bonds. The highest BCUT2D eigenvalue weighted by molar-refractivity contribution is 5.83. The zero-order valence-corrected chi connectivity index (χ0v) is 12.8.